The van der Waals surface area contributed by atoms with E-state index in [1.807, 2.05) is 34.6 Å². The van der Waals surface area contributed by atoms with Gasteiger partial charge in [-0.1, -0.05) is 54.5 Å². The zero-order valence-electron chi connectivity index (χ0n) is 32.8. The Morgan fingerprint density at radius 3 is 2.15 bits per heavy atom. The van der Waals surface area contributed by atoms with Crippen molar-refractivity contribution in [3.8, 4) is 5.75 Å². The van der Waals surface area contributed by atoms with Crippen molar-refractivity contribution in [2.45, 2.75) is 131 Å². The Balaban J connectivity index is 0.00000279. The Labute approximate surface area is 317 Å². The zero-order chi connectivity index (χ0) is 41.4. The monoisotopic (exact) mass is 767 g/mol. The number of aliphatic carboxylic acids is 1. The summed E-state index contributed by atoms with van der Waals surface area (Å²) in [6.07, 6.45) is -1.00. The van der Waals surface area contributed by atoms with E-state index in [-0.39, 0.29) is 60.8 Å². The van der Waals surface area contributed by atoms with Gasteiger partial charge in [-0.05, 0) is 42.9 Å². The Hall–Kier alpha value is -4.77. The predicted molar refractivity (Wildman–Crippen MR) is 200 cm³/mol. The van der Waals surface area contributed by atoms with Gasteiger partial charge in [0, 0.05) is 45.1 Å². The van der Waals surface area contributed by atoms with Crippen molar-refractivity contribution in [3.63, 3.8) is 0 Å². The molecule has 0 aromatic heterocycles. The standard InChI is InChI=1S/C31H45N3O11.C4H10N2O.C2H6/c1-17(2)23(37)8-6-7-9-26(38)34-29(18(3)4)30(40)32-15-27(39)33-22-11-10-20(16-43-19(5)35)12-24(22)44-28-14-21(36)13-25(45-28)31(41)42;1-2-3-6-4(5)7;1-2/h10-12,17-18,21,25,28-29,36H,6-9,13-16H2,1-5H3,(H,32,40)(H,33,39)(H,34,38)(H,41,42);2-3H2,1H3,(H3,5,6,7);1-2H3. The molecule has 1 fully saturated rings. The third-order valence-electron chi connectivity index (χ3n) is 7.52. The summed E-state index contributed by atoms with van der Waals surface area (Å²) in [5.74, 6) is -3.42. The number of amides is 5. The molecule has 1 saturated heterocycles. The van der Waals surface area contributed by atoms with Crippen LogP contribution in [0.1, 0.15) is 106 Å². The number of carbonyl (C=O) groups is 7. The number of anilines is 1. The lowest BCUT2D eigenvalue weighted by molar-refractivity contribution is -0.195. The number of primary amides is 1. The molecule has 4 unspecified atom stereocenters. The van der Waals surface area contributed by atoms with Crippen molar-refractivity contribution in [2.24, 2.45) is 17.6 Å². The van der Waals surface area contributed by atoms with Crippen LogP contribution in [0.15, 0.2) is 18.2 Å². The number of ether oxygens (including phenoxy) is 3. The van der Waals surface area contributed by atoms with E-state index in [9.17, 15) is 43.8 Å². The molecule has 1 aliphatic rings. The minimum Gasteiger partial charge on any atom is -0.479 e. The van der Waals surface area contributed by atoms with E-state index in [0.717, 1.165) is 6.42 Å². The quantitative estimate of drug-likeness (QED) is 0.0791. The predicted octanol–water partition coefficient (Wildman–Crippen LogP) is 3.15. The van der Waals surface area contributed by atoms with Crippen molar-refractivity contribution in [2.75, 3.05) is 18.4 Å². The van der Waals surface area contributed by atoms with Crippen LogP contribution in [-0.2, 0) is 44.8 Å². The number of aliphatic hydroxyl groups is 1. The van der Waals surface area contributed by atoms with Crippen molar-refractivity contribution < 1.29 is 58.0 Å². The second-order valence-electron chi connectivity index (χ2n) is 12.9. The highest BCUT2D eigenvalue weighted by Gasteiger charge is 2.34. The van der Waals surface area contributed by atoms with Gasteiger partial charge in [-0.25, -0.2) is 9.59 Å². The number of nitrogens with two attached hydrogens (primary N) is 1. The summed E-state index contributed by atoms with van der Waals surface area (Å²) in [6, 6.07) is 3.19. The van der Waals surface area contributed by atoms with E-state index in [1.165, 1.54) is 19.1 Å². The van der Waals surface area contributed by atoms with Crippen LogP contribution < -0.4 is 31.7 Å². The lowest BCUT2D eigenvalue weighted by atomic mass is 10.0. The Morgan fingerprint density at radius 1 is 0.963 bits per heavy atom. The molecule has 1 aromatic carbocycles. The number of unbranched alkanes of at least 4 members (excludes halogenated alkanes) is 1. The molecule has 0 bridgehead atoms. The number of hydrogen-bond donors (Lipinski definition) is 7. The maximum absolute atomic E-state index is 12.9. The molecule has 2 rings (SSSR count). The number of benzene rings is 1. The van der Waals surface area contributed by atoms with Gasteiger partial charge in [0.25, 0.3) is 0 Å². The number of carbonyl (C=O) groups excluding carboxylic acids is 6. The van der Waals surface area contributed by atoms with Gasteiger partial charge in [0.2, 0.25) is 24.0 Å². The minimum absolute atomic E-state index is 0.0280. The van der Waals surface area contributed by atoms with Gasteiger partial charge in [0.1, 0.15) is 24.2 Å². The van der Waals surface area contributed by atoms with Gasteiger partial charge in [-0.3, -0.25) is 24.0 Å². The number of rotatable bonds is 19. The highest BCUT2D eigenvalue weighted by molar-refractivity contribution is 5.97. The molecule has 0 saturated carbocycles. The third-order valence-corrected chi connectivity index (χ3v) is 7.52. The van der Waals surface area contributed by atoms with Crippen LogP contribution in [0.3, 0.4) is 0 Å². The molecule has 5 amide bonds. The summed E-state index contributed by atoms with van der Waals surface area (Å²) < 4.78 is 16.3. The van der Waals surface area contributed by atoms with Crippen LogP contribution in [0.2, 0.25) is 0 Å². The van der Waals surface area contributed by atoms with Crippen LogP contribution >= 0.6 is 0 Å². The number of hydrogen-bond acceptors (Lipinski definition) is 11. The number of urea groups is 1. The summed E-state index contributed by atoms with van der Waals surface area (Å²) >= 11 is 0. The first-order valence-electron chi connectivity index (χ1n) is 18.4. The number of nitrogens with one attached hydrogen (secondary N) is 4. The molecular weight excluding hydrogens is 706 g/mol. The number of esters is 1. The topological polar surface area (TPSA) is 262 Å². The van der Waals surface area contributed by atoms with E-state index >= 15 is 0 Å². The molecular formula is C37H61N5O12. The Morgan fingerprint density at radius 2 is 1.61 bits per heavy atom. The molecule has 1 aliphatic heterocycles. The number of ketones is 1. The summed E-state index contributed by atoms with van der Waals surface area (Å²) in [5, 5.41) is 29.7. The van der Waals surface area contributed by atoms with Crippen LogP contribution in [0.5, 0.6) is 5.75 Å². The molecule has 0 spiro atoms. The van der Waals surface area contributed by atoms with Crippen molar-refractivity contribution in [1.82, 2.24) is 16.0 Å². The van der Waals surface area contributed by atoms with E-state index in [2.05, 4.69) is 21.3 Å². The van der Waals surface area contributed by atoms with Crippen LogP contribution in [0, 0.1) is 11.8 Å². The van der Waals surface area contributed by atoms with Crippen LogP contribution in [-0.4, -0.2) is 89.3 Å². The van der Waals surface area contributed by atoms with E-state index < -0.39 is 60.9 Å². The summed E-state index contributed by atoms with van der Waals surface area (Å²) in [6.45, 7) is 14.5. The molecule has 17 nitrogen and oxygen atoms in total. The summed E-state index contributed by atoms with van der Waals surface area (Å²) in [4.78, 5) is 82.5. The summed E-state index contributed by atoms with van der Waals surface area (Å²) in [5.41, 5.74) is 5.38. The fourth-order valence-corrected chi connectivity index (χ4v) is 4.65. The number of aliphatic hydroxyl groups excluding tert-OH is 1. The highest BCUT2D eigenvalue weighted by Crippen LogP contribution is 2.31. The van der Waals surface area contributed by atoms with Crippen molar-refractivity contribution in [1.29, 1.82) is 0 Å². The molecule has 1 heterocycles. The highest BCUT2D eigenvalue weighted by atomic mass is 16.7. The van der Waals surface area contributed by atoms with E-state index in [0.29, 0.717) is 31.4 Å². The molecule has 4 atom stereocenters. The summed E-state index contributed by atoms with van der Waals surface area (Å²) in [7, 11) is 0. The zero-order valence-corrected chi connectivity index (χ0v) is 32.8. The first kappa shape index (κ1) is 49.2. The van der Waals surface area contributed by atoms with Gasteiger partial charge in [-0.2, -0.15) is 0 Å². The third kappa shape index (κ3) is 21.1. The van der Waals surface area contributed by atoms with Gasteiger partial charge in [0.15, 0.2) is 6.10 Å². The fraction of sp³-hybridized carbons (Fsp3) is 0.649. The van der Waals surface area contributed by atoms with Gasteiger partial charge < -0.3 is 51.4 Å². The maximum Gasteiger partial charge on any atom is 0.333 e. The fourth-order valence-electron chi connectivity index (χ4n) is 4.65. The van der Waals surface area contributed by atoms with Crippen molar-refractivity contribution >= 4 is 47.2 Å². The number of carboxylic acid groups (broad SMARTS) is 1. The van der Waals surface area contributed by atoms with Gasteiger partial charge in [0.05, 0.1) is 18.3 Å². The Kier molecular flexibility index (Phi) is 24.5. The second-order valence-corrected chi connectivity index (χ2v) is 12.9. The van der Waals surface area contributed by atoms with Crippen LogP contribution in [0.4, 0.5) is 10.5 Å². The van der Waals surface area contributed by atoms with Crippen molar-refractivity contribution in [3.05, 3.63) is 23.8 Å². The average Bonchev–Trinajstić information content (AvgIpc) is 3.11. The molecule has 1 aromatic rings. The smallest absolute Gasteiger partial charge is 0.333 e. The maximum atomic E-state index is 12.9. The lowest BCUT2D eigenvalue weighted by Gasteiger charge is -2.31. The van der Waals surface area contributed by atoms with E-state index in [1.54, 1.807) is 19.9 Å². The SMILES string of the molecule is CC.CC(=O)OCc1ccc(NC(=O)CNC(=O)C(NC(=O)CCCCC(=O)C(C)C)C(C)C)c(OC2CC(O)CC(C(=O)O)O2)c1.CCCNC(N)=O. The average molecular weight is 768 g/mol. The van der Waals surface area contributed by atoms with Gasteiger partial charge in [-0.15, -0.1) is 0 Å². The Bertz CT molecular complexity index is 1370. The molecule has 306 valence electrons. The lowest BCUT2D eigenvalue weighted by Crippen LogP contribution is -2.51. The molecule has 17 heteroatoms. The second kappa shape index (κ2) is 26.9. The molecule has 0 aliphatic carbocycles. The van der Waals surface area contributed by atoms with Gasteiger partial charge >= 0.3 is 18.0 Å². The number of Topliss-reactive ketones (excluding diaryl/α,β-unsaturated/α-hetero) is 1. The minimum atomic E-state index is -1.29. The number of carboxylic acids is 1. The largest absolute Gasteiger partial charge is 0.479 e. The molecule has 54 heavy (non-hydrogen) atoms. The first-order valence-corrected chi connectivity index (χ1v) is 18.4. The first-order chi connectivity index (χ1) is 25.4. The van der Waals surface area contributed by atoms with Crippen LogP contribution in [0.25, 0.3) is 0 Å². The normalized spacial score (nSPS) is 16.6. The molecule has 8 N–H and O–H groups in total. The van der Waals surface area contributed by atoms with E-state index in [4.69, 9.17) is 19.9 Å². The molecule has 0 radical (unpaired) electrons.